The minimum absolute atomic E-state index is 0.0757. The van der Waals surface area contributed by atoms with Gasteiger partial charge in [-0.05, 0) is 60.9 Å². The topological polar surface area (TPSA) is 75.3 Å². The maximum absolute atomic E-state index is 10.4. The van der Waals surface area contributed by atoms with Crippen molar-refractivity contribution in [2.24, 2.45) is 5.10 Å². The van der Waals surface area contributed by atoms with E-state index in [4.69, 9.17) is 0 Å². The van der Waals surface area contributed by atoms with Gasteiger partial charge in [-0.2, -0.15) is 5.10 Å². The van der Waals surface area contributed by atoms with Gasteiger partial charge in [0.05, 0.1) is 23.0 Å². The van der Waals surface area contributed by atoms with Crippen LogP contribution >= 0.6 is 0 Å². The van der Waals surface area contributed by atoms with Gasteiger partial charge in [0.2, 0.25) is 0 Å². The zero-order valence-corrected chi connectivity index (χ0v) is 16.3. The summed E-state index contributed by atoms with van der Waals surface area (Å²) in [6, 6.07) is 20.2. The molecule has 6 heteroatoms. The third-order valence-corrected chi connectivity index (χ3v) is 5.40. The zero-order valence-electron chi connectivity index (χ0n) is 16.3. The number of rotatable bonds is 3. The van der Waals surface area contributed by atoms with Gasteiger partial charge in [0.1, 0.15) is 11.3 Å². The van der Waals surface area contributed by atoms with Crippen LogP contribution in [0.2, 0.25) is 0 Å². The summed E-state index contributed by atoms with van der Waals surface area (Å²) >= 11 is 0. The Labute approximate surface area is 168 Å². The first-order valence-corrected chi connectivity index (χ1v) is 9.63. The molecule has 0 fully saturated rings. The Kier molecular flexibility index (Phi) is 4.05. The second kappa shape index (κ2) is 6.74. The molecule has 6 nitrogen and oxygen atoms in total. The molecule has 0 spiro atoms. The summed E-state index contributed by atoms with van der Waals surface area (Å²) in [6.45, 7) is 3.95. The van der Waals surface area contributed by atoms with Crippen LogP contribution in [0.3, 0.4) is 0 Å². The van der Waals surface area contributed by atoms with E-state index in [1.807, 2.05) is 67.1 Å². The predicted octanol–water partition coefficient (Wildman–Crippen LogP) is 4.18. The largest absolute Gasteiger partial charge is 0.507 e. The summed E-state index contributed by atoms with van der Waals surface area (Å²) in [6.07, 6.45) is 0.724. The minimum Gasteiger partial charge on any atom is -0.507 e. The molecular formula is C23H21N5O. The molecule has 0 bridgehead atoms. The fraction of sp³-hybridized carbons (Fsp3) is 0.174. The standard InChI is InChI=1S/C23H21N5O/c1-14-11-15(2)23(29)18(12-14)21-13-20(24-25-21)16-7-9-17(10-8-16)28-22-6-4-3-5-19(22)26-27-28/h3-12,20,24,29H,13H2,1-2H3. The first-order valence-electron chi connectivity index (χ1n) is 9.63. The number of nitrogens with zero attached hydrogens (tertiary/aromatic N) is 4. The number of phenols is 1. The minimum atomic E-state index is 0.0757. The lowest BCUT2D eigenvalue weighted by Crippen LogP contribution is -2.10. The number of aryl methyl sites for hydroxylation is 2. The van der Waals surface area contributed by atoms with Crippen molar-refractivity contribution in [1.29, 1.82) is 0 Å². The van der Waals surface area contributed by atoms with Gasteiger partial charge in [0.25, 0.3) is 0 Å². The number of hydrazone groups is 1. The van der Waals surface area contributed by atoms with Gasteiger partial charge in [-0.1, -0.05) is 35.5 Å². The molecule has 144 valence electrons. The maximum atomic E-state index is 10.4. The van der Waals surface area contributed by atoms with Crippen LogP contribution < -0.4 is 5.43 Å². The van der Waals surface area contributed by atoms with Crippen molar-refractivity contribution in [1.82, 2.24) is 20.4 Å². The van der Waals surface area contributed by atoms with Gasteiger partial charge >= 0.3 is 0 Å². The van der Waals surface area contributed by atoms with Crippen LogP contribution in [-0.4, -0.2) is 25.8 Å². The highest BCUT2D eigenvalue weighted by Gasteiger charge is 2.24. The van der Waals surface area contributed by atoms with Crippen LogP contribution in [-0.2, 0) is 0 Å². The van der Waals surface area contributed by atoms with Crippen LogP contribution in [0.15, 0.2) is 65.8 Å². The van der Waals surface area contributed by atoms with E-state index in [1.165, 1.54) is 0 Å². The van der Waals surface area contributed by atoms with E-state index in [0.29, 0.717) is 5.75 Å². The molecule has 0 radical (unpaired) electrons. The number of aromatic hydroxyl groups is 1. The lowest BCUT2D eigenvalue weighted by atomic mass is 9.96. The van der Waals surface area contributed by atoms with E-state index in [2.05, 4.69) is 33.0 Å². The molecule has 0 saturated heterocycles. The molecule has 0 saturated carbocycles. The molecular weight excluding hydrogens is 362 g/mol. The van der Waals surface area contributed by atoms with Crippen LogP contribution in [0, 0.1) is 13.8 Å². The van der Waals surface area contributed by atoms with E-state index in [9.17, 15) is 5.11 Å². The third kappa shape index (κ3) is 3.02. The highest BCUT2D eigenvalue weighted by molar-refractivity contribution is 6.04. The number of benzene rings is 3. The Bertz CT molecular complexity index is 1240. The molecule has 1 aromatic heterocycles. The number of para-hydroxylation sites is 1. The average molecular weight is 383 g/mol. The summed E-state index contributed by atoms with van der Waals surface area (Å²) < 4.78 is 1.84. The quantitative estimate of drug-likeness (QED) is 0.556. The lowest BCUT2D eigenvalue weighted by Gasteiger charge is -2.12. The molecule has 3 aromatic carbocycles. The second-order valence-electron chi connectivity index (χ2n) is 7.50. The van der Waals surface area contributed by atoms with Crippen LogP contribution in [0.4, 0.5) is 0 Å². The summed E-state index contributed by atoms with van der Waals surface area (Å²) in [5.41, 5.74) is 10.9. The Hall–Kier alpha value is -3.67. The monoisotopic (exact) mass is 383 g/mol. The van der Waals surface area contributed by atoms with Gasteiger partial charge in [0, 0.05) is 12.0 Å². The van der Waals surface area contributed by atoms with Gasteiger partial charge in [-0.15, -0.1) is 5.10 Å². The van der Waals surface area contributed by atoms with Crippen LogP contribution in [0.5, 0.6) is 5.75 Å². The Morgan fingerprint density at radius 2 is 1.83 bits per heavy atom. The first-order chi connectivity index (χ1) is 14.1. The van der Waals surface area contributed by atoms with Crippen molar-refractivity contribution in [3.05, 3.63) is 82.9 Å². The van der Waals surface area contributed by atoms with Crippen LogP contribution in [0.25, 0.3) is 16.7 Å². The first kappa shape index (κ1) is 17.4. The fourth-order valence-corrected chi connectivity index (χ4v) is 3.89. The maximum Gasteiger partial charge on any atom is 0.127 e. The highest BCUT2D eigenvalue weighted by Crippen LogP contribution is 2.31. The number of hydrogen-bond donors (Lipinski definition) is 2. The van der Waals surface area contributed by atoms with E-state index in [-0.39, 0.29) is 6.04 Å². The number of phenolic OH excluding ortho intramolecular Hbond substituents is 1. The van der Waals surface area contributed by atoms with Crippen molar-refractivity contribution in [3.8, 4) is 11.4 Å². The molecule has 1 aliphatic heterocycles. The normalized spacial score (nSPS) is 16.1. The number of fused-ring (bicyclic) bond motifs is 1. The number of aromatic nitrogens is 3. The van der Waals surface area contributed by atoms with Crippen molar-refractivity contribution in [2.45, 2.75) is 26.3 Å². The molecule has 1 atom stereocenters. The van der Waals surface area contributed by atoms with Gasteiger partial charge in [-0.25, -0.2) is 4.68 Å². The molecule has 1 aliphatic rings. The zero-order chi connectivity index (χ0) is 20.0. The Morgan fingerprint density at radius 3 is 2.66 bits per heavy atom. The van der Waals surface area contributed by atoms with Crippen molar-refractivity contribution in [2.75, 3.05) is 0 Å². The molecule has 4 aromatic rings. The second-order valence-corrected chi connectivity index (χ2v) is 7.50. The van der Waals surface area contributed by atoms with Crippen LogP contribution in [0.1, 0.15) is 34.7 Å². The van der Waals surface area contributed by atoms with E-state index >= 15 is 0 Å². The van der Waals surface area contributed by atoms with Crippen molar-refractivity contribution < 1.29 is 5.11 Å². The van der Waals surface area contributed by atoms with Crippen molar-refractivity contribution in [3.63, 3.8) is 0 Å². The third-order valence-electron chi connectivity index (χ3n) is 5.40. The summed E-state index contributed by atoms with van der Waals surface area (Å²) in [7, 11) is 0. The average Bonchev–Trinajstić information content (AvgIpc) is 3.38. The van der Waals surface area contributed by atoms with Crippen molar-refractivity contribution >= 4 is 16.7 Å². The summed E-state index contributed by atoms with van der Waals surface area (Å²) in [5, 5.41) is 23.4. The molecule has 0 aliphatic carbocycles. The lowest BCUT2D eigenvalue weighted by molar-refractivity contribution is 0.469. The molecule has 5 rings (SSSR count). The van der Waals surface area contributed by atoms with Gasteiger partial charge < -0.3 is 10.5 Å². The Morgan fingerprint density at radius 1 is 1.03 bits per heavy atom. The van der Waals surface area contributed by atoms with E-state index in [1.54, 1.807) is 0 Å². The molecule has 2 heterocycles. The molecule has 2 N–H and O–H groups in total. The summed E-state index contributed by atoms with van der Waals surface area (Å²) in [5.74, 6) is 0.310. The molecule has 1 unspecified atom stereocenters. The molecule has 0 amide bonds. The number of hydrogen-bond acceptors (Lipinski definition) is 5. The SMILES string of the molecule is Cc1cc(C)c(O)c(C2=NNC(c3ccc(-n4nnc5ccccc54)cc3)C2)c1. The predicted molar refractivity (Wildman–Crippen MR) is 113 cm³/mol. The van der Waals surface area contributed by atoms with E-state index < -0.39 is 0 Å². The number of nitrogens with one attached hydrogen (secondary N) is 1. The highest BCUT2D eigenvalue weighted by atomic mass is 16.3. The van der Waals surface area contributed by atoms with Gasteiger partial charge in [-0.3, -0.25) is 0 Å². The van der Waals surface area contributed by atoms with E-state index in [0.717, 1.165) is 51.1 Å². The van der Waals surface area contributed by atoms with Gasteiger partial charge in [0.15, 0.2) is 0 Å². The summed E-state index contributed by atoms with van der Waals surface area (Å²) in [4.78, 5) is 0. The molecule has 29 heavy (non-hydrogen) atoms. The Balaban J connectivity index is 1.38. The smallest absolute Gasteiger partial charge is 0.127 e. The fourth-order valence-electron chi connectivity index (χ4n) is 3.89.